The Morgan fingerprint density at radius 2 is 2.10 bits per heavy atom. The summed E-state index contributed by atoms with van der Waals surface area (Å²) in [5, 5.41) is 12.9. The van der Waals surface area contributed by atoms with E-state index in [1.54, 1.807) is 4.90 Å². The minimum absolute atomic E-state index is 0.156. The van der Waals surface area contributed by atoms with Gasteiger partial charge in [0.25, 0.3) is 11.5 Å². The molecule has 0 bridgehead atoms. The number of piperidine rings is 1. The van der Waals surface area contributed by atoms with Gasteiger partial charge in [-0.3, -0.25) is 14.4 Å². The van der Waals surface area contributed by atoms with E-state index in [0.717, 1.165) is 4.68 Å². The molecule has 0 spiro atoms. The molecule has 2 atom stereocenters. The maximum absolute atomic E-state index is 12.4. The van der Waals surface area contributed by atoms with Crippen molar-refractivity contribution in [2.75, 3.05) is 6.54 Å². The van der Waals surface area contributed by atoms with Gasteiger partial charge >= 0.3 is 5.97 Å². The summed E-state index contributed by atoms with van der Waals surface area (Å²) in [5.41, 5.74) is -0.0769. The smallest absolute Gasteiger partial charge is 0.306 e. The van der Waals surface area contributed by atoms with Crippen LogP contribution in [-0.2, 0) is 11.8 Å². The largest absolute Gasteiger partial charge is 0.481 e. The Bertz CT molecular complexity index is 596. The van der Waals surface area contributed by atoms with Gasteiger partial charge in [-0.1, -0.05) is 0 Å². The summed E-state index contributed by atoms with van der Waals surface area (Å²) in [7, 11) is 1.49. The number of aryl methyl sites for hydroxylation is 1. The molecule has 7 heteroatoms. The van der Waals surface area contributed by atoms with Crippen molar-refractivity contribution in [3.8, 4) is 0 Å². The van der Waals surface area contributed by atoms with E-state index in [2.05, 4.69) is 5.10 Å². The highest BCUT2D eigenvalue weighted by atomic mass is 16.4. The molecular formula is C13H17N3O4. The van der Waals surface area contributed by atoms with Crippen LogP contribution in [-0.4, -0.2) is 44.3 Å². The molecule has 20 heavy (non-hydrogen) atoms. The Kier molecular flexibility index (Phi) is 3.87. The predicted molar refractivity (Wildman–Crippen MR) is 70.3 cm³/mol. The first-order valence-corrected chi connectivity index (χ1v) is 6.48. The van der Waals surface area contributed by atoms with E-state index in [0.29, 0.717) is 19.4 Å². The highest BCUT2D eigenvalue weighted by Crippen LogP contribution is 2.24. The fraction of sp³-hybridized carbons (Fsp3) is 0.538. The maximum Gasteiger partial charge on any atom is 0.306 e. The number of amides is 1. The van der Waals surface area contributed by atoms with Crippen molar-refractivity contribution < 1.29 is 14.7 Å². The molecule has 1 aromatic heterocycles. The highest BCUT2D eigenvalue weighted by Gasteiger charge is 2.33. The van der Waals surface area contributed by atoms with Gasteiger partial charge < -0.3 is 10.0 Å². The van der Waals surface area contributed by atoms with Crippen LogP contribution in [0.15, 0.2) is 16.9 Å². The maximum atomic E-state index is 12.4. The van der Waals surface area contributed by atoms with Crippen LogP contribution in [0.4, 0.5) is 0 Å². The second kappa shape index (κ2) is 5.44. The van der Waals surface area contributed by atoms with Crippen molar-refractivity contribution in [3.63, 3.8) is 0 Å². The van der Waals surface area contributed by atoms with Crippen molar-refractivity contribution in [2.45, 2.75) is 25.8 Å². The summed E-state index contributed by atoms with van der Waals surface area (Å²) < 4.78 is 1.11. The lowest BCUT2D eigenvalue weighted by atomic mass is 9.91. The summed E-state index contributed by atoms with van der Waals surface area (Å²) in [6, 6.07) is 2.55. The number of carboxylic acids is 1. The average Bonchev–Trinajstić information content (AvgIpc) is 2.41. The van der Waals surface area contributed by atoms with Gasteiger partial charge in [0.15, 0.2) is 0 Å². The second-order valence-electron chi connectivity index (χ2n) is 5.09. The fourth-order valence-electron chi connectivity index (χ4n) is 2.46. The monoisotopic (exact) mass is 279 g/mol. The summed E-state index contributed by atoms with van der Waals surface area (Å²) in [4.78, 5) is 36.2. The molecule has 1 aliphatic rings. The van der Waals surface area contributed by atoms with E-state index in [4.69, 9.17) is 5.11 Å². The molecule has 0 saturated carbocycles. The zero-order chi connectivity index (χ0) is 14.9. The first-order chi connectivity index (χ1) is 9.40. The summed E-state index contributed by atoms with van der Waals surface area (Å²) in [5.74, 6) is -1.48. The third-order valence-electron chi connectivity index (χ3n) is 3.67. The molecular weight excluding hydrogens is 262 g/mol. The first-order valence-electron chi connectivity index (χ1n) is 6.48. The number of carbonyl (C=O) groups excluding carboxylic acids is 1. The molecule has 1 fully saturated rings. The average molecular weight is 279 g/mol. The van der Waals surface area contributed by atoms with Crippen molar-refractivity contribution in [1.29, 1.82) is 0 Å². The molecule has 0 aromatic carbocycles. The molecule has 1 N–H and O–H groups in total. The van der Waals surface area contributed by atoms with E-state index < -0.39 is 11.9 Å². The highest BCUT2D eigenvalue weighted by molar-refractivity contribution is 5.92. The summed E-state index contributed by atoms with van der Waals surface area (Å²) in [6.45, 7) is 2.22. The van der Waals surface area contributed by atoms with Crippen LogP contribution in [0.5, 0.6) is 0 Å². The van der Waals surface area contributed by atoms with Gasteiger partial charge in [-0.15, -0.1) is 0 Å². The molecule has 0 radical (unpaired) electrons. The van der Waals surface area contributed by atoms with E-state index in [1.807, 2.05) is 6.92 Å². The number of rotatable bonds is 2. The van der Waals surface area contributed by atoms with Crippen LogP contribution in [0.1, 0.15) is 30.3 Å². The van der Waals surface area contributed by atoms with Crippen LogP contribution in [0, 0.1) is 5.92 Å². The van der Waals surface area contributed by atoms with E-state index in [9.17, 15) is 14.4 Å². The SMILES string of the molecule is CC1CC(C(=O)O)CCN1C(=O)c1ccc(=O)n(C)n1. The fourth-order valence-corrected chi connectivity index (χ4v) is 2.46. The molecule has 1 amide bonds. The van der Waals surface area contributed by atoms with Crippen molar-refractivity contribution in [1.82, 2.24) is 14.7 Å². The van der Waals surface area contributed by atoms with Crippen LogP contribution < -0.4 is 5.56 Å². The van der Waals surface area contributed by atoms with E-state index in [1.165, 1.54) is 19.2 Å². The number of aliphatic carboxylic acids is 1. The third-order valence-corrected chi connectivity index (χ3v) is 3.67. The molecule has 7 nitrogen and oxygen atoms in total. The van der Waals surface area contributed by atoms with Crippen LogP contribution in [0.25, 0.3) is 0 Å². The van der Waals surface area contributed by atoms with Crippen molar-refractivity contribution >= 4 is 11.9 Å². The number of carboxylic acid groups (broad SMARTS) is 1. The Morgan fingerprint density at radius 3 is 2.65 bits per heavy atom. The Hall–Kier alpha value is -2.18. The van der Waals surface area contributed by atoms with Gasteiger partial charge in [0, 0.05) is 25.7 Å². The van der Waals surface area contributed by atoms with Crippen LogP contribution in [0.2, 0.25) is 0 Å². The Labute approximate surface area is 115 Å². The normalized spacial score (nSPS) is 22.6. The van der Waals surface area contributed by atoms with E-state index >= 15 is 0 Å². The Morgan fingerprint density at radius 1 is 1.40 bits per heavy atom. The van der Waals surface area contributed by atoms with Gasteiger partial charge in [0.05, 0.1) is 5.92 Å². The van der Waals surface area contributed by atoms with Gasteiger partial charge in [0.1, 0.15) is 5.69 Å². The van der Waals surface area contributed by atoms with Gasteiger partial charge in [-0.05, 0) is 25.8 Å². The number of hydrogen-bond acceptors (Lipinski definition) is 4. The molecule has 2 heterocycles. The number of nitrogens with zero attached hydrogens (tertiary/aromatic N) is 3. The Balaban J connectivity index is 2.15. The molecule has 1 aliphatic heterocycles. The molecule has 108 valence electrons. The molecule has 0 aliphatic carbocycles. The molecule has 1 aromatic rings. The number of hydrogen-bond donors (Lipinski definition) is 1. The first kappa shape index (κ1) is 14.2. The number of likely N-dealkylation sites (tertiary alicyclic amines) is 1. The number of aromatic nitrogens is 2. The number of carbonyl (C=O) groups is 2. The van der Waals surface area contributed by atoms with Crippen LogP contribution in [0.3, 0.4) is 0 Å². The van der Waals surface area contributed by atoms with Gasteiger partial charge in [-0.25, -0.2) is 4.68 Å². The molecule has 2 rings (SSSR count). The second-order valence-corrected chi connectivity index (χ2v) is 5.09. The molecule has 2 unspecified atom stereocenters. The van der Waals surface area contributed by atoms with Crippen molar-refractivity contribution in [2.24, 2.45) is 13.0 Å². The van der Waals surface area contributed by atoms with Crippen LogP contribution >= 0.6 is 0 Å². The van der Waals surface area contributed by atoms with E-state index in [-0.39, 0.29) is 23.2 Å². The van der Waals surface area contributed by atoms with Crippen molar-refractivity contribution in [3.05, 3.63) is 28.2 Å². The summed E-state index contributed by atoms with van der Waals surface area (Å²) in [6.07, 6.45) is 0.879. The third kappa shape index (κ3) is 2.71. The lowest BCUT2D eigenvalue weighted by molar-refractivity contribution is -0.143. The quantitative estimate of drug-likeness (QED) is 0.829. The minimum Gasteiger partial charge on any atom is -0.481 e. The zero-order valence-corrected chi connectivity index (χ0v) is 11.4. The zero-order valence-electron chi connectivity index (χ0n) is 11.4. The van der Waals surface area contributed by atoms with Gasteiger partial charge in [-0.2, -0.15) is 5.10 Å². The van der Waals surface area contributed by atoms with Gasteiger partial charge in [0.2, 0.25) is 0 Å². The minimum atomic E-state index is -0.816. The lowest BCUT2D eigenvalue weighted by Gasteiger charge is -2.36. The lowest BCUT2D eigenvalue weighted by Crippen LogP contribution is -2.46. The summed E-state index contributed by atoms with van der Waals surface area (Å²) >= 11 is 0. The molecule has 1 saturated heterocycles. The predicted octanol–water partition coefficient (Wildman–Crippen LogP) is 0.106. The topological polar surface area (TPSA) is 92.5 Å². The standard InChI is InChI=1S/C13H17N3O4/c1-8-7-9(13(19)20)5-6-16(8)12(18)10-3-4-11(17)15(2)14-10/h3-4,8-9H,5-7H2,1-2H3,(H,19,20).